The first kappa shape index (κ1) is 12.6. The number of thiophene rings is 1. The molecular weight excluding hydrogens is 228 g/mol. The summed E-state index contributed by atoms with van der Waals surface area (Å²) in [6, 6.07) is 4.80. The van der Waals surface area contributed by atoms with E-state index in [0.717, 1.165) is 25.8 Å². The first-order chi connectivity index (χ1) is 8.38. The van der Waals surface area contributed by atoms with Crippen molar-refractivity contribution >= 4 is 17.2 Å². The van der Waals surface area contributed by atoms with E-state index in [0.29, 0.717) is 6.04 Å². The van der Waals surface area contributed by atoms with E-state index in [1.54, 1.807) is 0 Å². The maximum absolute atomic E-state index is 4.90. The molecule has 2 heterocycles. The molecule has 0 amide bonds. The lowest BCUT2D eigenvalue weighted by molar-refractivity contribution is 0.647. The SMILES string of the molecule is CCC(Cc1cccs1)N=C1CCCCCN1. The van der Waals surface area contributed by atoms with Gasteiger partial charge in [-0.15, -0.1) is 11.3 Å². The lowest BCUT2D eigenvalue weighted by Crippen LogP contribution is -2.24. The van der Waals surface area contributed by atoms with Crippen molar-refractivity contribution < 1.29 is 0 Å². The van der Waals surface area contributed by atoms with Crippen molar-refractivity contribution in [2.24, 2.45) is 4.99 Å². The van der Waals surface area contributed by atoms with Gasteiger partial charge in [0.25, 0.3) is 0 Å². The third-order valence-corrected chi connectivity index (χ3v) is 4.14. The topological polar surface area (TPSA) is 24.4 Å². The van der Waals surface area contributed by atoms with Crippen molar-refractivity contribution in [3.05, 3.63) is 22.4 Å². The Morgan fingerprint density at radius 2 is 2.35 bits per heavy atom. The molecule has 0 bridgehead atoms. The highest BCUT2D eigenvalue weighted by molar-refractivity contribution is 7.09. The molecule has 1 saturated heterocycles. The van der Waals surface area contributed by atoms with Gasteiger partial charge in [0.05, 0.1) is 11.9 Å². The van der Waals surface area contributed by atoms with Gasteiger partial charge in [-0.05, 0) is 30.7 Å². The van der Waals surface area contributed by atoms with Crippen LogP contribution in [0.4, 0.5) is 0 Å². The number of nitrogens with one attached hydrogen (secondary N) is 1. The van der Waals surface area contributed by atoms with Gasteiger partial charge in [-0.3, -0.25) is 4.99 Å². The molecule has 0 aromatic carbocycles. The Balaban J connectivity index is 1.95. The maximum atomic E-state index is 4.90. The van der Waals surface area contributed by atoms with E-state index in [4.69, 9.17) is 4.99 Å². The van der Waals surface area contributed by atoms with Crippen molar-refractivity contribution in [2.75, 3.05) is 6.54 Å². The summed E-state index contributed by atoms with van der Waals surface area (Å²) in [4.78, 5) is 6.35. The molecule has 1 atom stereocenters. The minimum Gasteiger partial charge on any atom is -0.374 e. The number of rotatable bonds is 4. The van der Waals surface area contributed by atoms with Crippen LogP contribution in [0.5, 0.6) is 0 Å². The van der Waals surface area contributed by atoms with E-state index in [2.05, 4.69) is 29.8 Å². The maximum Gasteiger partial charge on any atom is 0.0966 e. The lowest BCUT2D eigenvalue weighted by atomic mass is 10.1. The summed E-state index contributed by atoms with van der Waals surface area (Å²) < 4.78 is 0. The summed E-state index contributed by atoms with van der Waals surface area (Å²) in [5.41, 5.74) is 0. The van der Waals surface area contributed by atoms with E-state index in [1.165, 1.54) is 30.0 Å². The van der Waals surface area contributed by atoms with Crippen molar-refractivity contribution in [3.63, 3.8) is 0 Å². The quantitative estimate of drug-likeness (QED) is 0.867. The zero-order valence-electron chi connectivity index (χ0n) is 10.6. The zero-order chi connectivity index (χ0) is 11.9. The van der Waals surface area contributed by atoms with Crippen LogP contribution in [0.2, 0.25) is 0 Å². The summed E-state index contributed by atoms with van der Waals surface area (Å²) in [6.07, 6.45) is 7.29. The third-order valence-electron chi connectivity index (χ3n) is 3.25. The molecule has 0 spiro atoms. The Morgan fingerprint density at radius 1 is 1.41 bits per heavy atom. The van der Waals surface area contributed by atoms with Crippen molar-refractivity contribution in [1.82, 2.24) is 5.32 Å². The van der Waals surface area contributed by atoms with Crippen molar-refractivity contribution in [1.29, 1.82) is 0 Å². The molecule has 0 aliphatic carbocycles. The average Bonchev–Trinajstić information content (AvgIpc) is 2.71. The van der Waals surface area contributed by atoms with Crippen LogP contribution >= 0.6 is 11.3 Å². The number of hydrogen-bond donors (Lipinski definition) is 1. The molecule has 1 aliphatic rings. The molecule has 1 aliphatic heterocycles. The number of hydrogen-bond acceptors (Lipinski definition) is 2. The Morgan fingerprint density at radius 3 is 3.12 bits per heavy atom. The molecule has 1 fully saturated rings. The highest BCUT2D eigenvalue weighted by Gasteiger charge is 2.10. The molecule has 1 N–H and O–H groups in total. The van der Waals surface area contributed by atoms with Gasteiger partial charge in [-0.2, -0.15) is 0 Å². The van der Waals surface area contributed by atoms with Crippen LogP contribution in [0, 0.1) is 0 Å². The number of amidine groups is 1. The van der Waals surface area contributed by atoms with Gasteiger partial charge < -0.3 is 5.32 Å². The van der Waals surface area contributed by atoms with Crippen LogP contribution < -0.4 is 5.32 Å². The van der Waals surface area contributed by atoms with Gasteiger partial charge in [0.2, 0.25) is 0 Å². The molecule has 2 rings (SSSR count). The minimum atomic E-state index is 0.453. The lowest BCUT2D eigenvalue weighted by Gasteiger charge is -2.12. The molecule has 17 heavy (non-hydrogen) atoms. The standard InChI is InChI=1S/C14H22N2S/c1-2-12(11-13-7-6-10-17-13)16-14-8-4-3-5-9-15-14/h6-7,10,12H,2-5,8-9,11H2,1H3,(H,15,16). The Hall–Kier alpha value is -0.830. The zero-order valence-corrected chi connectivity index (χ0v) is 11.4. The van der Waals surface area contributed by atoms with Gasteiger partial charge in [0.1, 0.15) is 0 Å². The van der Waals surface area contributed by atoms with Crippen LogP contribution in [-0.2, 0) is 6.42 Å². The second-order valence-electron chi connectivity index (χ2n) is 4.66. The largest absolute Gasteiger partial charge is 0.374 e. The molecular formula is C14H22N2S. The normalized spacial score (nSPS) is 20.9. The van der Waals surface area contributed by atoms with Crippen LogP contribution in [0.15, 0.2) is 22.5 Å². The molecule has 1 aromatic heterocycles. The van der Waals surface area contributed by atoms with Crippen LogP contribution in [-0.4, -0.2) is 18.4 Å². The highest BCUT2D eigenvalue weighted by Crippen LogP contribution is 2.15. The first-order valence-electron chi connectivity index (χ1n) is 6.71. The van der Waals surface area contributed by atoms with E-state index < -0.39 is 0 Å². The van der Waals surface area contributed by atoms with Gasteiger partial charge in [-0.25, -0.2) is 0 Å². The van der Waals surface area contributed by atoms with E-state index >= 15 is 0 Å². The first-order valence-corrected chi connectivity index (χ1v) is 7.59. The number of aliphatic imine (C=N–C) groups is 1. The van der Waals surface area contributed by atoms with Gasteiger partial charge in [0, 0.05) is 24.3 Å². The second kappa shape index (κ2) is 6.80. The van der Waals surface area contributed by atoms with Crippen LogP contribution in [0.3, 0.4) is 0 Å². The molecule has 0 radical (unpaired) electrons. The molecule has 2 nitrogen and oxygen atoms in total. The van der Waals surface area contributed by atoms with Gasteiger partial charge in [0.15, 0.2) is 0 Å². The van der Waals surface area contributed by atoms with Crippen molar-refractivity contribution in [2.45, 2.75) is 51.5 Å². The Bertz CT molecular complexity index is 333. The summed E-state index contributed by atoms with van der Waals surface area (Å²) >= 11 is 1.84. The number of nitrogens with zero attached hydrogens (tertiary/aromatic N) is 1. The molecule has 0 saturated carbocycles. The fourth-order valence-electron chi connectivity index (χ4n) is 2.19. The molecule has 1 unspecified atom stereocenters. The summed E-state index contributed by atoms with van der Waals surface area (Å²) in [5, 5.41) is 5.63. The molecule has 3 heteroatoms. The Kier molecular flexibility index (Phi) is 5.05. The van der Waals surface area contributed by atoms with Gasteiger partial charge in [-0.1, -0.05) is 19.4 Å². The van der Waals surface area contributed by atoms with Gasteiger partial charge >= 0.3 is 0 Å². The van der Waals surface area contributed by atoms with E-state index in [1.807, 2.05) is 11.3 Å². The predicted molar refractivity (Wildman–Crippen MR) is 76.0 cm³/mol. The summed E-state index contributed by atoms with van der Waals surface area (Å²) in [6.45, 7) is 3.34. The summed E-state index contributed by atoms with van der Waals surface area (Å²) in [7, 11) is 0. The second-order valence-corrected chi connectivity index (χ2v) is 5.69. The minimum absolute atomic E-state index is 0.453. The van der Waals surface area contributed by atoms with Crippen molar-refractivity contribution in [3.8, 4) is 0 Å². The van der Waals surface area contributed by atoms with E-state index in [9.17, 15) is 0 Å². The fraction of sp³-hybridized carbons (Fsp3) is 0.643. The Labute approximate surface area is 108 Å². The highest BCUT2D eigenvalue weighted by atomic mass is 32.1. The average molecular weight is 250 g/mol. The van der Waals surface area contributed by atoms with Crippen LogP contribution in [0.1, 0.15) is 43.9 Å². The third kappa shape index (κ3) is 4.15. The molecule has 1 aromatic rings. The molecule has 94 valence electrons. The van der Waals surface area contributed by atoms with E-state index in [-0.39, 0.29) is 0 Å². The monoisotopic (exact) mass is 250 g/mol. The van der Waals surface area contributed by atoms with Crippen LogP contribution in [0.25, 0.3) is 0 Å². The summed E-state index contributed by atoms with van der Waals surface area (Å²) in [5.74, 6) is 1.24. The smallest absolute Gasteiger partial charge is 0.0966 e. The predicted octanol–water partition coefficient (Wildman–Crippen LogP) is 3.63. The fourth-order valence-corrected chi connectivity index (χ4v) is 2.97.